The van der Waals surface area contributed by atoms with Crippen molar-refractivity contribution in [2.45, 2.75) is 51.7 Å². The van der Waals surface area contributed by atoms with Crippen molar-refractivity contribution in [1.29, 1.82) is 0 Å². The lowest BCUT2D eigenvalue weighted by Gasteiger charge is -2.32. The zero-order valence-electron chi connectivity index (χ0n) is 11.5. The fourth-order valence-corrected chi connectivity index (χ4v) is 1.98. The van der Waals surface area contributed by atoms with Crippen molar-refractivity contribution >= 4 is 0 Å². The van der Waals surface area contributed by atoms with E-state index < -0.39 is 11.7 Å². The Hall–Kier alpha value is -1.06. The largest absolute Gasteiger partial charge is 0.493 e. The molecule has 0 saturated carbocycles. The van der Waals surface area contributed by atoms with Gasteiger partial charge in [-0.25, -0.2) is 0 Å². The molecule has 0 heterocycles. The molecule has 0 spiro atoms. The van der Waals surface area contributed by atoms with Crippen LogP contribution < -0.4 is 4.74 Å². The molecule has 102 valence electrons. The van der Waals surface area contributed by atoms with E-state index in [-0.39, 0.29) is 0 Å². The summed E-state index contributed by atoms with van der Waals surface area (Å²) in [7, 11) is 0. The second-order valence-electron chi connectivity index (χ2n) is 4.60. The van der Waals surface area contributed by atoms with Gasteiger partial charge in [0.15, 0.2) is 0 Å². The van der Waals surface area contributed by atoms with Crippen LogP contribution in [0.5, 0.6) is 5.75 Å². The van der Waals surface area contributed by atoms with Crippen molar-refractivity contribution in [3.63, 3.8) is 0 Å². The highest BCUT2D eigenvalue weighted by molar-refractivity contribution is 5.36. The number of ether oxygens (including phenoxy) is 1. The molecule has 3 nitrogen and oxygen atoms in total. The average Bonchev–Trinajstić information content (AvgIpc) is 2.43. The van der Waals surface area contributed by atoms with Gasteiger partial charge < -0.3 is 14.9 Å². The van der Waals surface area contributed by atoms with E-state index in [1.807, 2.05) is 45.0 Å². The lowest BCUT2D eigenvalue weighted by Crippen LogP contribution is -2.35. The number of hydrogen-bond donors (Lipinski definition) is 2. The molecule has 0 aliphatic rings. The van der Waals surface area contributed by atoms with Gasteiger partial charge in [-0.1, -0.05) is 39.0 Å². The van der Waals surface area contributed by atoms with E-state index in [9.17, 15) is 10.2 Å². The van der Waals surface area contributed by atoms with Gasteiger partial charge in [-0.05, 0) is 25.3 Å². The van der Waals surface area contributed by atoms with Gasteiger partial charge >= 0.3 is 0 Å². The van der Waals surface area contributed by atoms with Crippen LogP contribution in [0.4, 0.5) is 0 Å². The van der Waals surface area contributed by atoms with Gasteiger partial charge in [-0.2, -0.15) is 0 Å². The van der Waals surface area contributed by atoms with Gasteiger partial charge in [0.2, 0.25) is 0 Å². The molecule has 0 fully saturated rings. The van der Waals surface area contributed by atoms with E-state index in [0.717, 1.165) is 6.42 Å². The maximum Gasteiger partial charge on any atom is 0.125 e. The molecule has 1 rings (SSSR count). The molecular formula is C15H24O3. The van der Waals surface area contributed by atoms with E-state index in [2.05, 4.69) is 0 Å². The Balaban J connectivity index is 3.00. The molecule has 1 atom stereocenters. The molecule has 2 N–H and O–H groups in total. The maximum atomic E-state index is 10.4. The lowest BCUT2D eigenvalue weighted by molar-refractivity contribution is -0.0829. The predicted octanol–water partition coefficient (Wildman–Crippen LogP) is 3.06. The van der Waals surface area contributed by atoms with Crippen LogP contribution in [0.15, 0.2) is 24.3 Å². The summed E-state index contributed by atoms with van der Waals surface area (Å²) in [5.74, 6) is 0.659. The highest BCUT2D eigenvalue weighted by Crippen LogP contribution is 2.36. The van der Waals surface area contributed by atoms with Crippen molar-refractivity contribution in [2.75, 3.05) is 6.61 Å². The Labute approximate surface area is 109 Å². The van der Waals surface area contributed by atoms with Crippen LogP contribution in [0, 0.1) is 0 Å². The fourth-order valence-electron chi connectivity index (χ4n) is 1.98. The fraction of sp³-hybridized carbons (Fsp3) is 0.600. The third kappa shape index (κ3) is 3.24. The normalized spacial score (nSPS) is 13.4. The van der Waals surface area contributed by atoms with Gasteiger partial charge in [-0.3, -0.25) is 0 Å². The summed E-state index contributed by atoms with van der Waals surface area (Å²) in [6, 6.07) is 7.37. The first-order chi connectivity index (χ1) is 8.59. The zero-order chi connectivity index (χ0) is 13.6. The highest BCUT2D eigenvalue weighted by Gasteiger charge is 2.34. The quantitative estimate of drug-likeness (QED) is 0.784. The summed E-state index contributed by atoms with van der Waals surface area (Å²) in [5.41, 5.74) is -0.428. The molecule has 0 aromatic heterocycles. The van der Waals surface area contributed by atoms with Crippen LogP contribution >= 0.6 is 0 Å². The minimum atomic E-state index is -1.09. The zero-order valence-corrected chi connectivity index (χ0v) is 11.5. The molecule has 3 heteroatoms. The monoisotopic (exact) mass is 252 g/mol. The molecule has 18 heavy (non-hydrogen) atoms. The summed E-state index contributed by atoms with van der Waals surface area (Å²) < 4.78 is 5.62. The van der Waals surface area contributed by atoms with E-state index in [4.69, 9.17) is 4.74 Å². The molecule has 0 aliphatic heterocycles. The highest BCUT2D eigenvalue weighted by atomic mass is 16.5. The SMILES string of the molecule is CCCOc1ccccc1C(O)C(O)(CC)CC. The molecule has 0 aliphatic carbocycles. The molecule has 0 bridgehead atoms. The number of aliphatic hydroxyl groups is 2. The van der Waals surface area contributed by atoms with Crippen molar-refractivity contribution in [3.8, 4) is 5.75 Å². The molecular weight excluding hydrogens is 228 g/mol. The van der Waals surface area contributed by atoms with Gasteiger partial charge in [0, 0.05) is 5.56 Å². The number of rotatable bonds is 7. The van der Waals surface area contributed by atoms with Crippen LogP contribution in [0.1, 0.15) is 51.7 Å². The van der Waals surface area contributed by atoms with Crippen molar-refractivity contribution < 1.29 is 14.9 Å². The molecule has 0 radical (unpaired) electrons. The standard InChI is InChI=1S/C15H24O3/c1-4-11-18-13-10-8-7-9-12(13)14(16)15(17,5-2)6-3/h7-10,14,16-17H,4-6,11H2,1-3H3. The van der Waals surface area contributed by atoms with Crippen LogP contribution in [0.2, 0.25) is 0 Å². The van der Waals surface area contributed by atoms with E-state index in [1.165, 1.54) is 0 Å². The predicted molar refractivity (Wildman–Crippen MR) is 72.7 cm³/mol. The third-order valence-electron chi connectivity index (χ3n) is 3.41. The summed E-state index contributed by atoms with van der Waals surface area (Å²) in [6.07, 6.45) is 1.01. The van der Waals surface area contributed by atoms with Crippen molar-refractivity contribution in [3.05, 3.63) is 29.8 Å². The van der Waals surface area contributed by atoms with Crippen molar-refractivity contribution in [2.24, 2.45) is 0 Å². The summed E-state index contributed by atoms with van der Waals surface area (Å²) in [5, 5.41) is 20.8. The van der Waals surface area contributed by atoms with Crippen LogP contribution in [0.3, 0.4) is 0 Å². The molecule has 1 aromatic rings. The van der Waals surface area contributed by atoms with Gasteiger partial charge in [0.25, 0.3) is 0 Å². The van der Waals surface area contributed by atoms with Crippen LogP contribution in [0.25, 0.3) is 0 Å². The Bertz CT molecular complexity index is 359. The van der Waals surface area contributed by atoms with Crippen LogP contribution in [-0.4, -0.2) is 22.4 Å². The molecule has 0 saturated heterocycles. The summed E-state index contributed by atoms with van der Waals surface area (Å²) in [4.78, 5) is 0. The first-order valence-electron chi connectivity index (χ1n) is 6.71. The van der Waals surface area contributed by atoms with Gasteiger partial charge in [0.1, 0.15) is 11.9 Å². The molecule has 0 amide bonds. The topological polar surface area (TPSA) is 49.7 Å². The molecule has 1 aromatic carbocycles. The van der Waals surface area contributed by atoms with Gasteiger partial charge in [-0.15, -0.1) is 0 Å². The number of benzene rings is 1. The second kappa shape index (κ2) is 6.76. The number of hydrogen-bond acceptors (Lipinski definition) is 3. The minimum Gasteiger partial charge on any atom is -0.493 e. The first kappa shape index (κ1) is 15.0. The number of aliphatic hydroxyl groups excluding tert-OH is 1. The van der Waals surface area contributed by atoms with Crippen LogP contribution in [-0.2, 0) is 0 Å². The molecule has 1 unspecified atom stereocenters. The van der Waals surface area contributed by atoms with Gasteiger partial charge in [0.05, 0.1) is 12.2 Å². The summed E-state index contributed by atoms with van der Waals surface area (Å²) >= 11 is 0. The number of para-hydroxylation sites is 1. The Kier molecular flexibility index (Phi) is 5.63. The Morgan fingerprint density at radius 3 is 2.33 bits per heavy atom. The minimum absolute atomic E-state index is 0.507. The maximum absolute atomic E-state index is 10.4. The Morgan fingerprint density at radius 2 is 1.78 bits per heavy atom. The Morgan fingerprint density at radius 1 is 1.17 bits per heavy atom. The van der Waals surface area contributed by atoms with E-state index in [1.54, 1.807) is 0 Å². The second-order valence-corrected chi connectivity index (χ2v) is 4.60. The summed E-state index contributed by atoms with van der Waals surface area (Å²) in [6.45, 7) is 6.40. The van der Waals surface area contributed by atoms with E-state index >= 15 is 0 Å². The smallest absolute Gasteiger partial charge is 0.125 e. The average molecular weight is 252 g/mol. The lowest BCUT2D eigenvalue weighted by atomic mass is 9.86. The van der Waals surface area contributed by atoms with E-state index in [0.29, 0.717) is 30.8 Å². The first-order valence-corrected chi connectivity index (χ1v) is 6.71. The van der Waals surface area contributed by atoms with Crippen molar-refractivity contribution in [1.82, 2.24) is 0 Å². The third-order valence-corrected chi connectivity index (χ3v) is 3.41.